The molecule has 6 heteroatoms. The zero-order chi connectivity index (χ0) is 13.8. The second kappa shape index (κ2) is 4.21. The number of sulfone groups is 1. The van der Waals surface area contributed by atoms with Gasteiger partial charge < -0.3 is 4.90 Å². The second-order valence-corrected chi connectivity index (χ2v) is 7.89. The van der Waals surface area contributed by atoms with Gasteiger partial charge in [0.25, 0.3) is 0 Å². The summed E-state index contributed by atoms with van der Waals surface area (Å²) >= 11 is 6.19. The van der Waals surface area contributed by atoms with Crippen LogP contribution in [-0.4, -0.2) is 31.9 Å². The van der Waals surface area contributed by atoms with Gasteiger partial charge in [0.05, 0.1) is 28.3 Å². The van der Waals surface area contributed by atoms with Crippen LogP contribution in [0.3, 0.4) is 0 Å². The van der Waals surface area contributed by atoms with Crippen LogP contribution in [0.5, 0.6) is 0 Å². The van der Waals surface area contributed by atoms with Crippen molar-refractivity contribution in [3.63, 3.8) is 0 Å². The highest BCUT2D eigenvalue weighted by atomic mass is 35.5. The van der Waals surface area contributed by atoms with Gasteiger partial charge in [-0.3, -0.25) is 4.79 Å². The SMILES string of the molecule is Cc1ccc(N2C(=O)C[C@@H]3CS(=O)(=O)C[C@H]32)c(Cl)c1. The molecule has 0 aliphatic carbocycles. The molecule has 1 aromatic carbocycles. The minimum absolute atomic E-state index is 0.0318. The summed E-state index contributed by atoms with van der Waals surface area (Å²) in [6, 6.07) is 5.22. The first kappa shape index (κ1) is 12.9. The topological polar surface area (TPSA) is 54.5 Å². The molecule has 0 N–H and O–H groups in total. The fourth-order valence-electron chi connectivity index (χ4n) is 3.01. The lowest BCUT2D eigenvalue weighted by Crippen LogP contribution is -2.36. The smallest absolute Gasteiger partial charge is 0.227 e. The third-order valence-corrected chi connectivity index (χ3v) is 5.92. The Bertz CT molecular complexity index is 656. The maximum atomic E-state index is 12.1. The predicted molar refractivity (Wildman–Crippen MR) is 74.2 cm³/mol. The molecule has 2 heterocycles. The van der Waals surface area contributed by atoms with E-state index in [9.17, 15) is 13.2 Å². The van der Waals surface area contributed by atoms with Crippen molar-refractivity contribution in [1.82, 2.24) is 0 Å². The Labute approximate surface area is 117 Å². The third-order valence-electron chi connectivity index (χ3n) is 3.84. The number of hydrogen-bond acceptors (Lipinski definition) is 3. The van der Waals surface area contributed by atoms with Crippen LogP contribution in [0.4, 0.5) is 5.69 Å². The number of fused-ring (bicyclic) bond motifs is 1. The van der Waals surface area contributed by atoms with Crippen molar-refractivity contribution in [2.45, 2.75) is 19.4 Å². The van der Waals surface area contributed by atoms with E-state index >= 15 is 0 Å². The van der Waals surface area contributed by atoms with Crippen LogP contribution in [-0.2, 0) is 14.6 Å². The molecular weight excluding hydrogens is 286 g/mol. The second-order valence-electron chi connectivity index (χ2n) is 5.33. The van der Waals surface area contributed by atoms with Crippen LogP contribution < -0.4 is 4.90 Å². The zero-order valence-corrected chi connectivity index (χ0v) is 12.0. The average Bonchev–Trinajstić information content (AvgIpc) is 2.70. The van der Waals surface area contributed by atoms with Gasteiger partial charge in [-0.2, -0.15) is 0 Å². The van der Waals surface area contributed by atoms with E-state index < -0.39 is 9.84 Å². The Morgan fingerprint density at radius 1 is 1.32 bits per heavy atom. The van der Waals surface area contributed by atoms with Crippen molar-refractivity contribution in [2.75, 3.05) is 16.4 Å². The lowest BCUT2D eigenvalue weighted by Gasteiger charge is -2.24. The molecule has 0 radical (unpaired) electrons. The van der Waals surface area contributed by atoms with Crippen LogP contribution >= 0.6 is 11.6 Å². The first-order valence-corrected chi connectivity index (χ1v) is 8.36. The van der Waals surface area contributed by atoms with Crippen molar-refractivity contribution >= 4 is 33.0 Å². The minimum Gasteiger partial charge on any atom is -0.306 e. The molecule has 0 unspecified atom stereocenters. The Kier molecular flexibility index (Phi) is 2.87. The Hall–Kier alpha value is -1.07. The van der Waals surface area contributed by atoms with Crippen molar-refractivity contribution in [2.24, 2.45) is 5.92 Å². The highest BCUT2D eigenvalue weighted by Gasteiger charge is 2.49. The number of nitrogens with zero attached hydrogens (tertiary/aromatic N) is 1. The van der Waals surface area contributed by atoms with Crippen LogP contribution in [0.15, 0.2) is 18.2 Å². The molecule has 3 rings (SSSR count). The van der Waals surface area contributed by atoms with Crippen molar-refractivity contribution in [1.29, 1.82) is 0 Å². The molecule has 2 aliphatic rings. The summed E-state index contributed by atoms with van der Waals surface area (Å²) in [7, 11) is -3.03. The van der Waals surface area contributed by atoms with E-state index in [1.54, 1.807) is 17.0 Å². The van der Waals surface area contributed by atoms with Gasteiger partial charge >= 0.3 is 0 Å². The first-order chi connectivity index (χ1) is 8.87. The van der Waals surface area contributed by atoms with Gasteiger partial charge in [0, 0.05) is 12.3 Å². The molecule has 2 aliphatic heterocycles. The Balaban J connectivity index is 2.02. The lowest BCUT2D eigenvalue weighted by atomic mass is 10.0. The Morgan fingerprint density at radius 3 is 2.74 bits per heavy atom. The quantitative estimate of drug-likeness (QED) is 0.794. The van der Waals surface area contributed by atoms with Gasteiger partial charge in [-0.15, -0.1) is 0 Å². The van der Waals surface area contributed by atoms with E-state index in [1.165, 1.54) is 0 Å². The number of benzene rings is 1. The van der Waals surface area contributed by atoms with Gasteiger partial charge in [0.1, 0.15) is 0 Å². The molecule has 19 heavy (non-hydrogen) atoms. The molecule has 102 valence electrons. The number of carbonyl (C=O) groups is 1. The van der Waals surface area contributed by atoms with E-state index in [0.29, 0.717) is 17.1 Å². The molecule has 0 saturated carbocycles. The number of hydrogen-bond donors (Lipinski definition) is 0. The fraction of sp³-hybridized carbons (Fsp3) is 0.462. The molecule has 4 nitrogen and oxygen atoms in total. The summed E-state index contributed by atoms with van der Waals surface area (Å²) in [6.45, 7) is 1.92. The van der Waals surface area contributed by atoms with E-state index in [1.807, 2.05) is 13.0 Å². The number of amides is 1. The van der Waals surface area contributed by atoms with Crippen molar-refractivity contribution in [3.05, 3.63) is 28.8 Å². The lowest BCUT2D eigenvalue weighted by molar-refractivity contribution is -0.117. The van der Waals surface area contributed by atoms with E-state index in [2.05, 4.69) is 0 Å². The summed E-state index contributed by atoms with van der Waals surface area (Å²) < 4.78 is 23.4. The monoisotopic (exact) mass is 299 g/mol. The predicted octanol–water partition coefficient (Wildman–Crippen LogP) is 1.80. The maximum Gasteiger partial charge on any atom is 0.227 e. The van der Waals surface area contributed by atoms with Gasteiger partial charge in [-0.1, -0.05) is 17.7 Å². The van der Waals surface area contributed by atoms with Gasteiger partial charge in [-0.25, -0.2) is 8.42 Å². The summed E-state index contributed by atoms with van der Waals surface area (Å²) in [4.78, 5) is 13.7. The molecule has 2 saturated heterocycles. The van der Waals surface area contributed by atoms with Crippen LogP contribution in [0, 0.1) is 12.8 Å². The molecule has 0 bridgehead atoms. The summed E-state index contributed by atoms with van der Waals surface area (Å²) in [5.74, 6) is 0.0438. The normalized spacial score (nSPS) is 28.7. The molecule has 0 aromatic heterocycles. The highest BCUT2D eigenvalue weighted by molar-refractivity contribution is 7.91. The summed E-state index contributed by atoms with van der Waals surface area (Å²) in [5.41, 5.74) is 1.64. The number of halogens is 1. The average molecular weight is 300 g/mol. The van der Waals surface area contributed by atoms with E-state index in [0.717, 1.165) is 5.56 Å². The molecule has 1 aromatic rings. The summed E-state index contributed by atoms with van der Waals surface area (Å²) in [5, 5.41) is 0.498. The van der Waals surface area contributed by atoms with Gasteiger partial charge in [-0.05, 0) is 24.6 Å². The minimum atomic E-state index is -3.03. The first-order valence-electron chi connectivity index (χ1n) is 6.16. The largest absolute Gasteiger partial charge is 0.306 e. The summed E-state index contributed by atoms with van der Waals surface area (Å²) in [6.07, 6.45) is 0.300. The van der Waals surface area contributed by atoms with Gasteiger partial charge in [0.15, 0.2) is 9.84 Å². The van der Waals surface area contributed by atoms with Crippen molar-refractivity contribution < 1.29 is 13.2 Å². The van der Waals surface area contributed by atoms with Crippen LogP contribution in [0.25, 0.3) is 0 Å². The number of carbonyl (C=O) groups excluding carboxylic acids is 1. The van der Waals surface area contributed by atoms with E-state index in [-0.39, 0.29) is 29.4 Å². The standard InChI is InChI=1S/C13H14ClNO3S/c1-8-2-3-11(10(14)4-8)15-12-7-19(17,18)6-9(12)5-13(15)16/h2-4,9,12H,5-7H2,1H3/t9-,12-/m1/s1. The van der Waals surface area contributed by atoms with E-state index in [4.69, 9.17) is 11.6 Å². The highest BCUT2D eigenvalue weighted by Crippen LogP contribution is 2.39. The molecule has 0 spiro atoms. The fourth-order valence-corrected chi connectivity index (χ4v) is 5.41. The zero-order valence-electron chi connectivity index (χ0n) is 10.5. The number of aryl methyl sites for hydroxylation is 1. The third kappa shape index (κ3) is 2.15. The Morgan fingerprint density at radius 2 is 2.05 bits per heavy atom. The molecule has 2 atom stereocenters. The number of rotatable bonds is 1. The van der Waals surface area contributed by atoms with Gasteiger partial charge in [0.2, 0.25) is 5.91 Å². The van der Waals surface area contributed by atoms with Crippen molar-refractivity contribution in [3.8, 4) is 0 Å². The molecular formula is C13H14ClNO3S. The maximum absolute atomic E-state index is 12.1. The molecule has 2 fully saturated rings. The van der Waals surface area contributed by atoms with Crippen LogP contribution in [0.1, 0.15) is 12.0 Å². The van der Waals surface area contributed by atoms with Crippen LogP contribution in [0.2, 0.25) is 5.02 Å². The molecule has 1 amide bonds. The number of anilines is 1.